The zero-order chi connectivity index (χ0) is 9.68. The summed E-state index contributed by atoms with van der Waals surface area (Å²) >= 11 is 0. The number of hydrogen-bond acceptors (Lipinski definition) is 0. The fourth-order valence-corrected chi connectivity index (χ4v) is 1.59. The SMILES string of the molecule is CCCC[n+]1cc(CC)n(CC)c1. The van der Waals surface area contributed by atoms with Crippen LogP contribution in [-0.2, 0) is 19.5 Å². The molecule has 0 saturated heterocycles. The molecule has 0 spiro atoms. The van der Waals surface area contributed by atoms with E-state index in [0.29, 0.717) is 0 Å². The first-order valence-corrected chi connectivity index (χ1v) is 5.39. The minimum Gasteiger partial charge on any atom is -0.237 e. The Bertz CT molecular complexity index is 229. The molecule has 2 nitrogen and oxygen atoms in total. The van der Waals surface area contributed by atoms with Gasteiger partial charge in [-0.05, 0) is 13.3 Å². The van der Waals surface area contributed by atoms with Gasteiger partial charge in [-0.25, -0.2) is 9.13 Å². The number of nitrogens with zero attached hydrogens (tertiary/aromatic N) is 2. The average Bonchev–Trinajstić information content (AvgIpc) is 2.57. The highest BCUT2D eigenvalue weighted by Gasteiger charge is 2.08. The van der Waals surface area contributed by atoms with Crippen molar-refractivity contribution in [2.45, 2.75) is 53.1 Å². The molecule has 1 rings (SSSR count). The van der Waals surface area contributed by atoms with Gasteiger partial charge in [-0.2, -0.15) is 0 Å². The zero-order valence-corrected chi connectivity index (χ0v) is 9.08. The molecular formula is C11H21N2+. The normalized spacial score (nSPS) is 10.7. The third-order valence-electron chi connectivity index (χ3n) is 2.44. The largest absolute Gasteiger partial charge is 0.243 e. The Kier molecular flexibility index (Phi) is 4.00. The molecule has 1 heterocycles. The van der Waals surface area contributed by atoms with Crippen molar-refractivity contribution in [2.75, 3.05) is 0 Å². The standard InChI is InChI=1S/C11H21N2/c1-4-7-8-12-9-11(5-2)13(6-3)10-12/h9-10H,4-8H2,1-3H3/q+1. The van der Waals surface area contributed by atoms with Crippen molar-refractivity contribution < 1.29 is 4.57 Å². The van der Waals surface area contributed by atoms with Crippen LogP contribution in [0.25, 0.3) is 0 Å². The van der Waals surface area contributed by atoms with E-state index in [4.69, 9.17) is 0 Å². The zero-order valence-electron chi connectivity index (χ0n) is 9.08. The summed E-state index contributed by atoms with van der Waals surface area (Å²) in [6.07, 6.45) is 8.19. The van der Waals surface area contributed by atoms with Gasteiger partial charge in [-0.3, -0.25) is 0 Å². The summed E-state index contributed by atoms with van der Waals surface area (Å²) in [6, 6.07) is 0. The maximum atomic E-state index is 2.33. The highest BCUT2D eigenvalue weighted by atomic mass is 15.1. The van der Waals surface area contributed by atoms with Crippen LogP contribution in [0.1, 0.15) is 39.3 Å². The summed E-state index contributed by atoms with van der Waals surface area (Å²) in [5.74, 6) is 0. The van der Waals surface area contributed by atoms with Crippen LogP contribution in [0.2, 0.25) is 0 Å². The Morgan fingerprint density at radius 1 is 1.31 bits per heavy atom. The van der Waals surface area contributed by atoms with Crippen molar-refractivity contribution >= 4 is 0 Å². The van der Waals surface area contributed by atoms with Crippen LogP contribution in [0.4, 0.5) is 0 Å². The first-order valence-electron chi connectivity index (χ1n) is 5.39. The smallest absolute Gasteiger partial charge is 0.237 e. The third-order valence-corrected chi connectivity index (χ3v) is 2.44. The second-order valence-electron chi connectivity index (χ2n) is 3.47. The average molecular weight is 181 g/mol. The maximum absolute atomic E-state index is 2.33. The van der Waals surface area contributed by atoms with Crippen molar-refractivity contribution in [3.8, 4) is 0 Å². The number of rotatable bonds is 5. The molecule has 1 aromatic heterocycles. The number of aryl methyl sites for hydroxylation is 3. The molecule has 1 aromatic rings. The molecule has 0 amide bonds. The molecular weight excluding hydrogens is 160 g/mol. The lowest BCUT2D eigenvalue weighted by molar-refractivity contribution is -0.697. The minimum atomic E-state index is 1.09. The van der Waals surface area contributed by atoms with Crippen molar-refractivity contribution in [1.29, 1.82) is 0 Å². The fourth-order valence-electron chi connectivity index (χ4n) is 1.59. The summed E-state index contributed by atoms with van der Waals surface area (Å²) < 4.78 is 4.64. The van der Waals surface area contributed by atoms with E-state index < -0.39 is 0 Å². The van der Waals surface area contributed by atoms with Crippen molar-refractivity contribution in [1.82, 2.24) is 4.57 Å². The Hall–Kier alpha value is -0.790. The third kappa shape index (κ3) is 2.58. The number of imidazole rings is 1. The quantitative estimate of drug-likeness (QED) is 0.616. The van der Waals surface area contributed by atoms with E-state index in [-0.39, 0.29) is 0 Å². The van der Waals surface area contributed by atoms with Gasteiger partial charge in [0.25, 0.3) is 0 Å². The molecule has 13 heavy (non-hydrogen) atoms. The molecule has 2 heteroatoms. The van der Waals surface area contributed by atoms with Crippen LogP contribution >= 0.6 is 0 Å². The van der Waals surface area contributed by atoms with Gasteiger partial charge in [0.2, 0.25) is 6.33 Å². The van der Waals surface area contributed by atoms with E-state index in [2.05, 4.69) is 42.4 Å². The molecule has 0 unspecified atom stereocenters. The van der Waals surface area contributed by atoms with E-state index in [0.717, 1.165) is 19.5 Å². The molecule has 0 radical (unpaired) electrons. The molecule has 0 aliphatic heterocycles. The van der Waals surface area contributed by atoms with Crippen LogP contribution in [-0.4, -0.2) is 4.57 Å². The summed E-state index contributed by atoms with van der Waals surface area (Å²) in [4.78, 5) is 0. The first-order chi connectivity index (χ1) is 6.31. The lowest BCUT2D eigenvalue weighted by Crippen LogP contribution is -2.30. The minimum absolute atomic E-state index is 1.09. The lowest BCUT2D eigenvalue weighted by Gasteiger charge is -1.92. The predicted molar refractivity (Wildman–Crippen MR) is 54.6 cm³/mol. The first kappa shape index (κ1) is 10.3. The maximum Gasteiger partial charge on any atom is 0.243 e. The molecule has 0 saturated carbocycles. The fraction of sp³-hybridized carbons (Fsp3) is 0.727. The van der Waals surface area contributed by atoms with Gasteiger partial charge in [0.05, 0.1) is 13.1 Å². The molecule has 0 aliphatic carbocycles. The van der Waals surface area contributed by atoms with Gasteiger partial charge in [0, 0.05) is 6.42 Å². The number of unbranched alkanes of at least 4 members (excludes halogenated alkanes) is 1. The predicted octanol–water partition coefficient (Wildman–Crippen LogP) is 2.16. The molecule has 0 N–H and O–H groups in total. The van der Waals surface area contributed by atoms with E-state index in [9.17, 15) is 0 Å². The van der Waals surface area contributed by atoms with Crippen LogP contribution in [0, 0.1) is 0 Å². The van der Waals surface area contributed by atoms with Gasteiger partial charge in [-0.1, -0.05) is 20.3 Å². The topological polar surface area (TPSA) is 8.81 Å². The summed E-state index contributed by atoms with van der Waals surface area (Å²) in [5.41, 5.74) is 1.44. The van der Waals surface area contributed by atoms with Crippen molar-refractivity contribution in [3.63, 3.8) is 0 Å². The molecule has 0 atom stereocenters. The molecule has 0 aliphatic rings. The Balaban J connectivity index is 2.68. The number of hydrogen-bond donors (Lipinski definition) is 0. The van der Waals surface area contributed by atoms with Crippen LogP contribution in [0.5, 0.6) is 0 Å². The van der Waals surface area contributed by atoms with E-state index in [1.807, 2.05) is 0 Å². The van der Waals surface area contributed by atoms with Crippen LogP contribution in [0.3, 0.4) is 0 Å². The van der Waals surface area contributed by atoms with Crippen molar-refractivity contribution in [3.05, 3.63) is 18.2 Å². The highest BCUT2D eigenvalue weighted by Crippen LogP contribution is 1.99. The molecule has 0 bridgehead atoms. The van der Waals surface area contributed by atoms with Gasteiger partial charge in [-0.15, -0.1) is 0 Å². The Morgan fingerprint density at radius 2 is 2.08 bits per heavy atom. The van der Waals surface area contributed by atoms with E-state index >= 15 is 0 Å². The second kappa shape index (κ2) is 5.05. The Morgan fingerprint density at radius 3 is 2.54 bits per heavy atom. The molecule has 0 fully saturated rings. The lowest BCUT2D eigenvalue weighted by atomic mass is 10.3. The Labute approximate surface area is 81.2 Å². The van der Waals surface area contributed by atoms with Gasteiger partial charge >= 0.3 is 0 Å². The summed E-state index contributed by atoms with van der Waals surface area (Å²) in [7, 11) is 0. The van der Waals surface area contributed by atoms with E-state index in [1.165, 1.54) is 18.5 Å². The van der Waals surface area contributed by atoms with E-state index in [1.54, 1.807) is 0 Å². The van der Waals surface area contributed by atoms with Gasteiger partial charge in [0.1, 0.15) is 11.9 Å². The monoisotopic (exact) mass is 181 g/mol. The summed E-state index contributed by atoms with van der Waals surface area (Å²) in [6.45, 7) is 8.89. The van der Waals surface area contributed by atoms with Crippen LogP contribution < -0.4 is 4.57 Å². The van der Waals surface area contributed by atoms with Gasteiger partial charge < -0.3 is 0 Å². The highest BCUT2D eigenvalue weighted by molar-refractivity contribution is 4.92. The molecule has 0 aromatic carbocycles. The second-order valence-corrected chi connectivity index (χ2v) is 3.47. The number of aromatic nitrogens is 2. The molecule has 74 valence electrons. The van der Waals surface area contributed by atoms with Crippen molar-refractivity contribution in [2.24, 2.45) is 0 Å². The van der Waals surface area contributed by atoms with Gasteiger partial charge in [0.15, 0.2) is 0 Å². The van der Waals surface area contributed by atoms with Crippen LogP contribution in [0.15, 0.2) is 12.5 Å². The summed E-state index contributed by atoms with van der Waals surface area (Å²) in [5, 5.41) is 0.